The first kappa shape index (κ1) is 9.32. The standard InChI is InChI=1S/C10H11NO2/c1-2-4-9-8(7-11-13)5-3-6-10(9)12/h2-3,5-7,12-13H,1,4H2/b11-7-. The number of rotatable bonds is 3. The molecule has 1 rings (SSSR count). The molecular formula is C10H11NO2. The minimum Gasteiger partial charge on any atom is -0.508 e. The lowest BCUT2D eigenvalue weighted by Gasteiger charge is -2.04. The lowest BCUT2D eigenvalue weighted by molar-refractivity contribution is 0.322. The molecule has 68 valence electrons. The SMILES string of the molecule is C=CCc1c(O)cccc1/C=N\O. The molecule has 3 nitrogen and oxygen atoms in total. The van der Waals surface area contributed by atoms with Crippen LogP contribution in [0.15, 0.2) is 36.0 Å². The Labute approximate surface area is 76.6 Å². The van der Waals surface area contributed by atoms with Gasteiger partial charge in [-0.05, 0) is 12.5 Å². The predicted molar refractivity (Wildman–Crippen MR) is 51.4 cm³/mol. The second kappa shape index (κ2) is 4.30. The van der Waals surface area contributed by atoms with E-state index < -0.39 is 0 Å². The van der Waals surface area contributed by atoms with E-state index in [1.807, 2.05) is 0 Å². The minimum atomic E-state index is 0.192. The highest BCUT2D eigenvalue weighted by Gasteiger charge is 2.03. The Morgan fingerprint density at radius 1 is 1.46 bits per heavy atom. The second-order valence-electron chi connectivity index (χ2n) is 2.58. The van der Waals surface area contributed by atoms with Crippen LogP contribution in [0.2, 0.25) is 0 Å². The number of aromatic hydroxyl groups is 1. The highest BCUT2D eigenvalue weighted by atomic mass is 16.4. The average Bonchev–Trinajstić information content (AvgIpc) is 2.11. The van der Waals surface area contributed by atoms with Crippen LogP contribution in [-0.4, -0.2) is 16.5 Å². The molecule has 3 heteroatoms. The monoisotopic (exact) mass is 177 g/mol. The van der Waals surface area contributed by atoms with Crippen molar-refractivity contribution in [2.24, 2.45) is 5.16 Å². The molecule has 13 heavy (non-hydrogen) atoms. The predicted octanol–water partition coefficient (Wildman–Crippen LogP) is 1.93. The van der Waals surface area contributed by atoms with E-state index >= 15 is 0 Å². The van der Waals surface area contributed by atoms with Crippen LogP contribution in [0.3, 0.4) is 0 Å². The van der Waals surface area contributed by atoms with Gasteiger partial charge in [-0.1, -0.05) is 23.4 Å². The summed E-state index contributed by atoms with van der Waals surface area (Å²) in [5, 5.41) is 20.7. The van der Waals surface area contributed by atoms with Gasteiger partial charge in [0.25, 0.3) is 0 Å². The summed E-state index contributed by atoms with van der Waals surface area (Å²) in [5.41, 5.74) is 1.41. The fourth-order valence-electron chi connectivity index (χ4n) is 1.14. The van der Waals surface area contributed by atoms with Gasteiger partial charge in [0.15, 0.2) is 0 Å². The summed E-state index contributed by atoms with van der Waals surface area (Å²) >= 11 is 0. The van der Waals surface area contributed by atoms with Crippen molar-refractivity contribution in [2.45, 2.75) is 6.42 Å². The van der Waals surface area contributed by atoms with Gasteiger partial charge in [0, 0.05) is 11.1 Å². The zero-order valence-corrected chi connectivity index (χ0v) is 7.14. The molecule has 0 aromatic heterocycles. The quantitative estimate of drug-likeness (QED) is 0.321. The zero-order chi connectivity index (χ0) is 9.68. The third kappa shape index (κ3) is 2.08. The van der Waals surface area contributed by atoms with E-state index in [-0.39, 0.29) is 5.75 Å². The molecule has 0 atom stereocenters. The Hall–Kier alpha value is -1.77. The van der Waals surface area contributed by atoms with Crippen molar-refractivity contribution < 1.29 is 10.3 Å². The van der Waals surface area contributed by atoms with E-state index in [1.54, 1.807) is 24.3 Å². The number of hydrogen-bond acceptors (Lipinski definition) is 3. The lowest BCUT2D eigenvalue weighted by Crippen LogP contribution is -1.91. The summed E-state index contributed by atoms with van der Waals surface area (Å²) in [6.07, 6.45) is 3.52. The Bertz CT molecular complexity index is 332. The van der Waals surface area contributed by atoms with E-state index in [9.17, 15) is 5.11 Å². The molecule has 0 amide bonds. The highest BCUT2D eigenvalue weighted by molar-refractivity contribution is 5.82. The molecule has 1 aromatic carbocycles. The normalized spacial score (nSPS) is 10.5. The highest BCUT2D eigenvalue weighted by Crippen LogP contribution is 2.20. The van der Waals surface area contributed by atoms with Crippen molar-refractivity contribution in [3.63, 3.8) is 0 Å². The van der Waals surface area contributed by atoms with E-state index in [1.165, 1.54) is 6.21 Å². The van der Waals surface area contributed by atoms with Crippen LogP contribution in [0.5, 0.6) is 5.75 Å². The van der Waals surface area contributed by atoms with Crippen molar-refractivity contribution in [1.29, 1.82) is 0 Å². The number of benzene rings is 1. The molecule has 0 radical (unpaired) electrons. The molecule has 0 aliphatic rings. The lowest BCUT2D eigenvalue weighted by atomic mass is 10.0. The van der Waals surface area contributed by atoms with E-state index in [4.69, 9.17) is 5.21 Å². The summed E-state index contributed by atoms with van der Waals surface area (Å²) in [6.45, 7) is 3.58. The molecule has 0 aliphatic carbocycles. The summed E-state index contributed by atoms with van der Waals surface area (Å²) in [5.74, 6) is 0.192. The third-order valence-electron chi connectivity index (χ3n) is 1.73. The molecule has 0 saturated heterocycles. The van der Waals surface area contributed by atoms with Gasteiger partial charge in [-0.25, -0.2) is 0 Å². The average molecular weight is 177 g/mol. The number of oxime groups is 1. The molecular weight excluding hydrogens is 166 g/mol. The maximum atomic E-state index is 9.46. The first-order valence-electron chi connectivity index (χ1n) is 3.88. The van der Waals surface area contributed by atoms with Crippen LogP contribution in [-0.2, 0) is 6.42 Å². The van der Waals surface area contributed by atoms with E-state index in [0.717, 1.165) is 5.56 Å². The number of hydrogen-bond donors (Lipinski definition) is 2. The van der Waals surface area contributed by atoms with Crippen LogP contribution >= 0.6 is 0 Å². The molecule has 1 aromatic rings. The molecule has 0 bridgehead atoms. The van der Waals surface area contributed by atoms with Gasteiger partial charge in [0.05, 0.1) is 6.21 Å². The van der Waals surface area contributed by atoms with Crippen LogP contribution < -0.4 is 0 Å². The maximum absolute atomic E-state index is 9.46. The summed E-state index contributed by atoms with van der Waals surface area (Å²) in [7, 11) is 0. The van der Waals surface area contributed by atoms with Crippen molar-refractivity contribution in [3.05, 3.63) is 42.0 Å². The van der Waals surface area contributed by atoms with Gasteiger partial charge in [0.1, 0.15) is 5.75 Å². The summed E-state index contributed by atoms with van der Waals surface area (Å²) < 4.78 is 0. The zero-order valence-electron chi connectivity index (χ0n) is 7.14. The molecule has 2 N–H and O–H groups in total. The van der Waals surface area contributed by atoms with Gasteiger partial charge in [-0.15, -0.1) is 6.58 Å². The van der Waals surface area contributed by atoms with E-state index in [2.05, 4.69) is 11.7 Å². The van der Waals surface area contributed by atoms with Crippen molar-refractivity contribution in [3.8, 4) is 5.75 Å². The van der Waals surface area contributed by atoms with Crippen LogP contribution in [0.25, 0.3) is 0 Å². The Balaban J connectivity index is 3.16. The van der Waals surface area contributed by atoms with Gasteiger partial charge in [-0.2, -0.15) is 0 Å². The molecule has 0 saturated carbocycles. The Morgan fingerprint density at radius 2 is 2.23 bits per heavy atom. The minimum absolute atomic E-state index is 0.192. The van der Waals surface area contributed by atoms with Gasteiger partial charge < -0.3 is 10.3 Å². The number of phenols is 1. The number of allylic oxidation sites excluding steroid dienone is 1. The van der Waals surface area contributed by atoms with Gasteiger partial charge >= 0.3 is 0 Å². The molecule has 0 spiro atoms. The molecule has 0 fully saturated rings. The fraction of sp³-hybridized carbons (Fsp3) is 0.100. The summed E-state index contributed by atoms with van der Waals surface area (Å²) in [6, 6.07) is 5.05. The molecule has 0 heterocycles. The first-order chi connectivity index (χ1) is 6.29. The van der Waals surface area contributed by atoms with Crippen molar-refractivity contribution in [2.75, 3.05) is 0 Å². The summed E-state index contributed by atoms with van der Waals surface area (Å²) in [4.78, 5) is 0. The van der Waals surface area contributed by atoms with Crippen LogP contribution in [0.4, 0.5) is 0 Å². The Morgan fingerprint density at radius 3 is 2.85 bits per heavy atom. The molecule has 0 unspecified atom stereocenters. The fourth-order valence-corrected chi connectivity index (χ4v) is 1.14. The smallest absolute Gasteiger partial charge is 0.119 e. The molecule has 0 aliphatic heterocycles. The third-order valence-corrected chi connectivity index (χ3v) is 1.73. The topological polar surface area (TPSA) is 52.8 Å². The number of phenolic OH excluding ortho intramolecular Hbond substituents is 1. The van der Waals surface area contributed by atoms with Gasteiger partial charge in [-0.3, -0.25) is 0 Å². The first-order valence-corrected chi connectivity index (χ1v) is 3.88. The number of nitrogens with zero attached hydrogens (tertiary/aromatic N) is 1. The second-order valence-corrected chi connectivity index (χ2v) is 2.58. The van der Waals surface area contributed by atoms with Crippen LogP contribution in [0, 0.1) is 0 Å². The largest absolute Gasteiger partial charge is 0.508 e. The van der Waals surface area contributed by atoms with Crippen LogP contribution in [0.1, 0.15) is 11.1 Å². The Kier molecular flexibility index (Phi) is 3.09. The maximum Gasteiger partial charge on any atom is 0.119 e. The van der Waals surface area contributed by atoms with Crippen molar-refractivity contribution >= 4 is 6.21 Å². The van der Waals surface area contributed by atoms with E-state index in [0.29, 0.717) is 12.0 Å². The van der Waals surface area contributed by atoms with Crippen molar-refractivity contribution in [1.82, 2.24) is 0 Å². The van der Waals surface area contributed by atoms with Gasteiger partial charge in [0.2, 0.25) is 0 Å².